The first kappa shape index (κ1) is 9.51. The molecule has 0 aromatic carbocycles. The van der Waals surface area contributed by atoms with Crippen molar-refractivity contribution in [1.82, 2.24) is 9.78 Å². The molecule has 1 aromatic heterocycles. The fourth-order valence-electron chi connectivity index (χ4n) is 1.05. The molecule has 0 saturated heterocycles. The molecular formula is C9H12N2O2. The predicted molar refractivity (Wildman–Crippen MR) is 49.3 cm³/mol. The molecule has 0 aliphatic rings. The van der Waals surface area contributed by atoms with Crippen molar-refractivity contribution in [1.29, 1.82) is 0 Å². The van der Waals surface area contributed by atoms with Gasteiger partial charge in [0.25, 0.3) is 0 Å². The zero-order valence-corrected chi connectivity index (χ0v) is 7.78. The van der Waals surface area contributed by atoms with Crippen LogP contribution in [0.5, 0.6) is 0 Å². The van der Waals surface area contributed by atoms with Gasteiger partial charge in [0.2, 0.25) is 0 Å². The van der Waals surface area contributed by atoms with Crippen LogP contribution in [0.2, 0.25) is 0 Å². The minimum Gasteiger partial charge on any atom is -0.492 e. The summed E-state index contributed by atoms with van der Waals surface area (Å²) in [4.78, 5) is 10.6. The van der Waals surface area contributed by atoms with Gasteiger partial charge >= 0.3 is 0 Å². The predicted octanol–water partition coefficient (Wildman–Crippen LogP) is 1.24. The van der Waals surface area contributed by atoms with Gasteiger partial charge in [0, 0.05) is 13.2 Å². The van der Waals surface area contributed by atoms with Crippen molar-refractivity contribution in [3.8, 4) is 0 Å². The number of aryl methyl sites for hydroxylation is 1. The van der Waals surface area contributed by atoms with Crippen LogP contribution in [0.25, 0.3) is 5.76 Å². The van der Waals surface area contributed by atoms with E-state index in [0.717, 1.165) is 6.29 Å². The van der Waals surface area contributed by atoms with E-state index in [-0.39, 0.29) is 0 Å². The lowest BCUT2D eigenvalue weighted by molar-refractivity contribution is 0.112. The van der Waals surface area contributed by atoms with Crippen LogP contribution < -0.4 is 0 Å². The molecule has 1 heterocycles. The monoisotopic (exact) mass is 180 g/mol. The van der Waals surface area contributed by atoms with Gasteiger partial charge < -0.3 is 4.74 Å². The number of aldehydes is 1. The number of carbonyl (C=O) groups excluding carboxylic acids is 1. The molecule has 4 nitrogen and oxygen atoms in total. The van der Waals surface area contributed by atoms with E-state index in [9.17, 15) is 4.79 Å². The molecule has 0 spiro atoms. The Labute approximate surface area is 76.8 Å². The second-order valence-electron chi connectivity index (χ2n) is 2.58. The van der Waals surface area contributed by atoms with Crippen molar-refractivity contribution in [2.75, 3.05) is 6.61 Å². The highest BCUT2D eigenvalue weighted by atomic mass is 16.5. The maximum Gasteiger partial charge on any atom is 0.153 e. The molecule has 0 bridgehead atoms. The zero-order chi connectivity index (χ0) is 9.84. The Bertz CT molecular complexity index is 328. The maximum absolute atomic E-state index is 10.6. The Hall–Kier alpha value is -1.58. The summed E-state index contributed by atoms with van der Waals surface area (Å²) in [5.41, 5.74) is 1.01. The largest absolute Gasteiger partial charge is 0.492 e. The zero-order valence-electron chi connectivity index (χ0n) is 7.78. The van der Waals surface area contributed by atoms with Crippen molar-refractivity contribution in [2.45, 2.75) is 6.92 Å². The van der Waals surface area contributed by atoms with Gasteiger partial charge in [-0.2, -0.15) is 5.10 Å². The number of hydrogen-bond donors (Lipinski definition) is 0. The first-order chi connectivity index (χ1) is 6.19. The average molecular weight is 180 g/mol. The van der Waals surface area contributed by atoms with Gasteiger partial charge in [-0.1, -0.05) is 6.58 Å². The summed E-state index contributed by atoms with van der Waals surface area (Å²) in [6, 6.07) is 0. The van der Waals surface area contributed by atoms with E-state index >= 15 is 0 Å². The number of rotatable bonds is 4. The summed E-state index contributed by atoms with van der Waals surface area (Å²) in [6.45, 7) is 6.06. The van der Waals surface area contributed by atoms with Gasteiger partial charge in [-0.3, -0.25) is 9.48 Å². The van der Waals surface area contributed by atoms with Crippen LogP contribution in [0.15, 0.2) is 12.8 Å². The molecule has 0 unspecified atom stereocenters. The summed E-state index contributed by atoms with van der Waals surface area (Å²) < 4.78 is 6.71. The molecule has 0 amide bonds. The molecule has 0 saturated carbocycles. The SMILES string of the molecule is C=C(OCC)c1nn(C)cc1C=O. The molecule has 70 valence electrons. The highest BCUT2D eigenvalue weighted by Crippen LogP contribution is 2.14. The van der Waals surface area contributed by atoms with Gasteiger partial charge in [-0.25, -0.2) is 0 Å². The normalized spacial score (nSPS) is 9.69. The molecule has 0 aliphatic heterocycles. The Morgan fingerprint density at radius 1 is 1.85 bits per heavy atom. The molecule has 0 aliphatic carbocycles. The van der Waals surface area contributed by atoms with Gasteiger partial charge in [0.1, 0.15) is 11.5 Å². The van der Waals surface area contributed by atoms with E-state index in [0.29, 0.717) is 23.6 Å². The third-order valence-electron chi connectivity index (χ3n) is 1.57. The van der Waals surface area contributed by atoms with Gasteiger partial charge in [0.15, 0.2) is 6.29 Å². The molecule has 0 N–H and O–H groups in total. The molecule has 4 heteroatoms. The fraction of sp³-hybridized carbons (Fsp3) is 0.333. The summed E-state index contributed by atoms with van der Waals surface area (Å²) in [7, 11) is 1.75. The van der Waals surface area contributed by atoms with Crippen LogP contribution in [0, 0.1) is 0 Å². The Kier molecular flexibility index (Phi) is 2.84. The number of ether oxygens (including phenoxy) is 1. The molecular weight excluding hydrogens is 168 g/mol. The highest BCUT2D eigenvalue weighted by molar-refractivity contribution is 5.81. The lowest BCUT2D eigenvalue weighted by Gasteiger charge is -2.03. The minimum atomic E-state index is 0.435. The summed E-state index contributed by atoms with van der Waals surface area (Å²) in [5.74, 6) is 0.435. The van der Waals surface area contributed by atoms with Gasteiger partial charge in [-0.05, 0) is 6.92 Å². The van der Waals surface area contributed by atoms with Crippen LogP contribution in [-0.4, -0.2) is 22.7 Å². The number of hydrogen-bond acceptors (Lipinski definition) is 3. The van der Waals surface area contributed by atoms with Crippen molar-refractivity contribution in [2.24, 2.45) is 7.05 Å². The number of nitrogens with zero attached hydrogens (tertiary/aromatic N) is 2. The van der Waals surface area contributed by atoms with Crippen molar-refractivity contribution in [3.63, 3.8) is 0 Å². The summed E-state index contributed by atoms with van der Waals surface area (Å²) in [6.07, 6.45) is 2.37. The van der Waals surface area contributed by atoms with E-state index in [1.54, 1.807) is 17.9 Å². The maximum atomic E-state index is 10.6. The lowest BCUT2D eigenvalue weighted by Crippen LogP contribution is -1.95. The first-order valence-corrected chi connectivity index (χ1v) is 4.00. The van der Waals surface area contributed by atoms with E-state index in [1.807, 2.05) is 6.92 Å². The summed E-state index contributed by atoms with van der Waals surface area (Å²) in [5, 5.41) is 4.06. The average Bonchev–Trinajstić information content (AvgIpc) is 2.47. The van der Waals surface area contributed by atoms with Gasteiger partial charge in [-0.15, -0.1) is 0 Å². The molecule has 0 atom stereocenters. The fourth-order valence-corrected chi connectivity index (χ4v) is 1.05. The van der Waals surface area contributed by atoms with Crippen LogP contribution in [0.4, 0.5) is 0 Å². The molecule has 13 heavy (non-hydrogen) atoms. The standard InChI is InChI=1S/C9H12N2O2/c1-4-13-7(2)9-8(6-12)5-11(3)10-9/h5-6H,2,4H2,1,3H3. The van der Waals surface area contributed by atoms with Crippen LogP contribution >= 0.6 is 0 Å². The molecule has 1 rings (SSSR count). The van der Waals surface area contributed by atoms with Crippen LogP contribution in [-0.2, 0) is 11.8 Å². The highest BCUT2D eigenvalue weighted by Gasteiger charge is 2.10. The van der Waals surface area contributed by atoms with Crippen LogP contribution in [0.1, 0.15) is 23.0 Å². The summed E-state index contributed by atoms with van der Waals surface area (Å²) >= 11 is 0. The molecule has 0 radical (unpaired) electrons. The molecule has 1 aromatic rings. The Balaban J connectivity index is 2.98. The third-order valence-corrected chi connectivity index (χ3v) is 1.57. The third kappa shape index (κ3) is 1.96. The second kappa shape index (κ2) is 3.89. The minimum absolute atomic E-state index is 0.435. The number of carbonyl (C=O) groups is 1. The van der Waals surface area contributed by atoms with Crippen molar-refractivity contribution >= 4 is 12.0 Å². The lowest BCUT2D eigenvalue weighted by atomic mass is 10.2. The quantitative estimate of drug-likeness (QED) is 0.517. The first-order valence-electron chi connectivity index (χ1n) is 4.00. The van der Waals surface area contributed by atoms with E-state index < -0.39 is 0 Å². The van der Waals surface area contributed by atoms with E-state index in [2.05, 4.69) is 11.7 Å². The van der Waals surface area contributed by atoms with Crippen molar-refractivity contribution in [3.05, 3.63) is 24.0 Å². The Morgan fingerprint density at radius 3 is 3.08 bits per heavy atom. The van der Waals surface area contributed by atoms with Crippen LogP contribution in [0.3, 0.4) is 0 Å². The number of aromatic nitrogens is 2. The second-order valence-corrected chi connectivity index (χ2v) is 2.58. The Morgan fingerprint density at radius 2 is 2.54 bits per heavy atom. The van der Waals surface area contributed by atoms with E-state index in [4.69, 9.17) is 4.74 Å². The smallest absolute Gasteiger partial charge is 0.153 e. The topological polar surface area (TPSA) is 44.1 Å². The van der Waals surface area contributed by atoms with Gasteiger partial charge in [0.05, 0.1) is 12.2 Å². The molecule has 0 fully saturated rings. The van der Waals surface area contributed by atoms with Crippen molar-refractivity contribution < 1.29 is 9.53 Å². The van der Waals surface area contributed by atoms with E-state index in [1.165, 1.54) is 0 Å².